The zero-order valence-electron chi connectivity index (χ0n) is 51.6. The zero-order valence-corrected chi connectivity index (χ0v) is 37.6. The van der Waals surface area contributed by atoms with Gasteiger partial charge in [0, 0.05) is 36.6 Å². The summed E-state index contributed by atoms with van der Waals surface area (Å²) in [4.78, 5) is 10.2. The van der Waals surface area contributed by atoms with Crippen LogP contribution in [0, 0.1) is 13.8 Å². The molecule has 9 rings (SSSR count). The first kappa shape index (κ1) is 29.4. The fourth-order valence-electron chi connectivity index (χ4n) is 8.53. The Hall–Kier alpha value is -7.04. The summed E-state index contributed by atoms with van der Waals surface area (Å²) in [5.74, 6) is -0.468. The maximum Gasteiger partial charge on any atom is 0.149 e. The van der Waals surface area contributed by atoms with Gasteiger partial charge in [-0.05, 0) is 140 Å². The van der Waals surface area contributed by atoms with Crippen LogP contribution in [0.15, 0.2) is 164 Å². The molecule has 0 unspecified atom stereocenters. The highest BCUT2D eigenvalue weighted by Crippen LogP contribution is 2.45. The SMILES string of the molecule is [2H]c1c([2H])c(C(C([2H])([2H])[2H])(C([2H])([2H])[2H])C([2H])([2H])[2H])c([2H])c([2H])c1-c1ccnc(-c2cc(-c3cccc4c3nc(-c3cc(C)cc(C)c3O)n4-c3cc(-c4ccccc4)c(C([2H])(C)C)cc3-c3ccccc3)cc(C(C)(C)C)c2)c1. The third kappa shape index (κ3) is 8.42. The van der Waals surface area contributed by atoms with Gasteiger partial charge in [0.15, 0.2) is 0 Å². The van der Waals surface area contributed by atoms with Crippen molar-refractivity contribution in [2.75, 3.05) is 0 Å². The number of fused-ring (bicyclic) bond motifs is 1. The molecule has 0 amide bonds. The van der Waals surface area contributed by atoms with Crippen molar-refractivity contribution in [2.45, 2.75) is 85.7 Å². The van der Waals surface area contributed by atoms with Crippen LogP contribution in [0.2, 0.25) is 0 Å². The van der Waals surface area contributed by atoms with E-state index in [9.17, 15) is 6.48 Å². The van der Waals surface area contributed by atoms with Crippen molar-refractivity contribution in [3.63, 3.8) is 0 Å². The van der Waals surface area contributed by atoms with Crippen LogP contribution in [0.4, 0.5) is 0 Å². The minimum Gasteiger partial charge on any atom is -0.507 e. The predicted octanol–water partition coefficient (Wildman–Crippen LogP) is 16.5. The second-order valence-corrected chi connectivity index (χ2v) is 18.0. The number of aryl methyl sites for hydroxylation is 2. The number of phenols is 1. The second kappa shape index (κ2) is 16.8. The van der Waals surface area contributed by atoms with Crippen molar-refractivity contribution in [3.8, 4) is 78.6 Å². The zero-order chi connectivity index (χ0) is 57.7. The Morgan fingerprint density at radius 2 is 1.28 bits per heavy atom. The number of nitrogens with zero attached hydrogens (tertiary/aromatic N) is 3. The van der Waals surface area contributed by atoms with Crippen LogP contribution in [0.5, 0.6) is 5.75 Å². The van der Waals surface area contributed by atoms with E-state index in [0.29, 0.717) is 39.2 Å². The van der Waals surface area contributed by atoms with Gasteiger partial charge >= 0.3 is 0 Å². The van der Waals surface area contributed by atoms with Gasteiger partial charge in [-0.2, -0.15) is 0 Å². The lowest BCUT2D eigenvalue weighted by Crippen LogP contribution is -2.11. The van der Waals surface area contributed by atoms with Gasteiger partial charge in [-0.15, -0.1) is 0 Å². The fourth-order valence-corrected chi connectivity index (χ4v) is 8.53. The van der Waals surface area contributed by atoms with E-state index < -0.39 is 67.0 Å². The molecule has 324 valence electrons. The Labute approximate surface area is 405 Å². The summed E-state index contributed by atoms with van der Waals surface area (Å²) in [7, 11) is 0. The van der Waals surface area contributed by atoms with Crippen molar-refractivity contribution in [3.05, 3.63) is 192 Å². The van der Waals surface area contributed by atoms with Crippen LogP contribution < -0.4 is 0 Å². The quantitative estimate of drug-likeness (QED) is 0.166. The van der Waals surface area contributed by atoms with Crippen molar-refractivity contribution in [2.24, 2.45) is 0 Å². The van der Waals surface area contributed by atoms with Gasteiger partial charge in [0.25, 0.3) is 0 Å². The summed E-state index contributed by atoms with van der Waals surface area (Å²) in [6.07, 6.45) is 1.43. The number of pyridine rings is 1. The Morgan fingerprint density at radius 3 is 1.94 bits per heavy atom. The normalized spacial score (nSPS) is 15.9. The van der Waals surface area contributed by atoms with Gasteiger partial charge in [-0.1, -0.05) is 164 Å². The molecule has 0 radical (unpaired) electrons. The molecule has 0 saturated carbocycles. The van der Waals surface area contributed by atoms with Crippen molar-refractivity contribution in [1.82, 2.24) is 14.5 Å². The number of aromatic hydroxyl groups is 1. The third-order valence-electron chi connectivity index (χ3n) is 11.9. The molecule has 9 aromatic rings. The molecule has 0 aliphatic rings. The van der Waals surface area contributed by atoms with E-state index in [0.717, 1.165) is 55.8 Å². The molecular formula is C61H59N3O. The Kier molecular flexibility index (Phi) is 7.61. The number of aromatic nitrogens is 3. The van der Waals surface area contributed by atoms with E-state index in [-0.39, 0.29) is 16.9 Å². The topological polar surface area (TPSA) is 50.9 Å². The lowest BCUT2D eigenvalue weighted by Gasteiger charge is -2.22. The molecule has 2 heterocycles. The number of hydrogen-bond donors (Lipinski definition) is 1. The van der Waals surface area contributed by atoms with E-state index in [1.54, 1.807) is 6.07 Å². The first-order valence-corrected chi connectivity index (χ1v) is 21.6. The molecule has 7 aromatic carbocycles. The van der Waals surface area contributed by atoms with Gasteiger partial charge in [0.2, 0.25) is 0 Å². The van der Waals surface area contributed by atoms with Gasteiger partial charge < -0.3 is 5.11 Å². The molecule has 4 heteroatoms. The van der Waals surface area contributed by atoms with Gasteiger partial charge in [-0.3, -0.25) is 9.55 Å². The second-order valence-electron chi connectivity index (χ2n) is 18.0. The van der Waals surface area contributed by atoms with E-state index in [4.69, 9.17) is 27.8 Å². The summed E-state index contributed by atoms with van der Waals surface area (Å²) in [6, 6.07) is 39.1. The van der Waals surface area contributed by atoms with Gasteiger partial charge in [0.1, 0.15) is 11.6 Å². The molecule has 65 heavy (non-hydrogen) atoms. The number of rotatable bonds is 8. The van der Waals surface area contributed by atoms with E-state index in [1.165, 1.54) is 12.3 Å². The van der Waals surface area contributed by atoms with Gasteiger partial charge in [0.05, 0.1) is 33.5 Å². The number of para-hydroxylation sites is 1. The van der Waals surface area contributed by atoms with Gasteiger partial charge in [-0.25, -0.2) is 4.98 Å². The van der Waals surface area contributed by atoms with Crippen LogP contribution in [0.1, 0.15) is 108 Å². The minimum absolute atomic E-state index is 0.0719. The third-order valence-corrected chi connectivity index (χ3v) is 11.9. The van der Waals surface area contributed by atoms with Crippen LogP contribution in [0.25, 0.3) is 83.9 Å². The van der Waals surface area contributed by atoms with Crippen molar-refractivity contribution < 1.29 is 24.3 Å². The number of imidazole rings is 1. The fraction of sp³-hybridized carbons (Fsp3) is 0.213. The molecule has 4 nitrogen and oxygen atoms in total. The molecule has 0 spiro atoms. The minimum atomic E-state index is -3.82. The molecular weight excluding hydrogens is 791 g/mol. The molecule has 0 fully saturated rings. The lowest BCUT2D eigenvalue weighted by atomic mass is 9.83. The summed E-state index contributed by atoms with van der Waals surface area (Å²) >= 11 is 0. The smallest absolute Gasteiger partial charge is 0.149 e. The Balaban J connectivity index is 1.31. The van der Waals surface area contributed by atoms with Crippen LogP contribution >= 0.6 is 0 Å². The lowest BCUT2D eigenvalue weighted by molar-refractivity contribution is 0.472. The standard InChI is InChI=1S/C61H59N3O/c1-38(2)50-36-52(43-20-15-12-16-21-43)56(37-51(50)42-18-13-11-14-19-42)64-55-23-17-22-49(57(55)63-59(64)53-31-39(3)30-40(4)58(53)65)45-32-46(34-48(33-45)61(8,9)10)54-35-44(28-29-62-54)41-24-26-47(27-25-41)60(5,6)7/h11-38,65H,1-10H3/i5D3,6D3,7D3,24D,25D,26D,27D,38D. The summed E-state index contributed by atoms with van der Waals surface area (Å²) in [6.45, 7) is 2.34. The van der Waals surface area contributed by atoms with Crippen LogP contribution in [-0.2, 0) is 10.8 Å². The van der Waals surface area contributed by atoms with E-state index in [1.807, 2.05) is 131 Å². The Morgan fingerprint density at radius 1 is 0.600 bits per heavy atom. The number of benzene rings is 7. The summed E-state index contributed by atoms with van der Waals surface area (Å²) in [5, 5.41) is 12.0. The molecule has 2 aromatic heterocycles. The highest BCUT2D eigenvalue weighted by atomic mass is 16.3. The highest BCUT2D eigenvalue weighted by Gasteiger charge is 2.26. The molecule has 0 bridgehead atoms. The summed E-state index contributed by atoms with van der Waals surface area (Å²) < 4.78 is 122. The average molecular weight is 864 g/mol. The predicted molar refractivity (Wildman–Crippen MR) is 274 cm³/mol. The number of hydrogen-bond acceptors (Lipinski definition) is 3. The van der Waals surface area contributed by atoms with Crippen molar-refractivity contribution in [1.29, 1.82) is 0 Å². The Bertz CT molecular complexity index is 3780. The van der Waals surface area contributed by atoms with Crippen LogP contribution in [0.3, 0.4) is 0 Å². The molecule has 0 aliphatic carbocycles. The average Bonchev–Trinajstić information content (AvgIpc) is 3.94. The first-order valence-electron chi connectivity index (χ1n) is 28.6. The first-order chi connectivity index (χ1) is 36.8. The van der Waals surface area contributed by atoms with E-state index in [2.05, 4.69) is 43.5 Å². The van der Waals surface area contributed by atoms with Crippen molar-refractivity contribution >= 4 is 11.0 Å². The molecule has 0 aliphatic heterocycles. The van der Waals surface area contributed by atoms with Crippen LogP contribution in [-0.4, -0.2) is 19.6 Å². The monoisotopic (exact) mass is 864 g/mol. The summed E-state index contributed by atoms with van der Waals surface area (Å²) in [5.41, 5.74) is 6.22. The molecule has 1 N–H and O–H groups in total. The molecule has 0 atom stereocenters. The van der Waals surface area contributed by atoms with E-state index >= 15 is 0 Å². The highest BCUT2D eigenvalue weighted by molar-refractivity contribution is 5.98. The maximum absolute atomic E-state index is 12.0. The molecule has 0 saturated heterocycles. The maximum atomic E-state index is 12.0. The largest absolute Gasteiger partial charge is 0.507 e. The number of phenolic OH excluding ortho intramolecular Hbond substituents is 1.